The van der Waals surface area contributed by atoms with Gasteiger partial charge in [0.05, 0.1) is 5.54 Å². The third kappa shape index (κ3) is 3.01. The van der Waals surface area contributed by atoms with Crippen molar-refractivity contribution in [3.8, 4) is 0 Å². The lowest BCUT2D eigenvalue weighted by Gasteiger charge is -2.20. The fourth-order valence-corrected chi connectivity index (χ4v) is 2.05. The van der Waals surface area contributed by atoms with Gasteiger partial charge in [-0.2, -0.15) is 0 Å². The number of nitrogens with two attached hydrogens (primary N) is 1. The number of hydrogen-bond donors (Lipinski definition) is 2. The molecule has 98 valence electrons. The molecule has 0 bridgehead atoms. The van der Waals surface area contributed by atoms with Crippen molar-refractivity contribution < 1.29 is 4.79 Å². The molecule has 1 aromatic rings. The first-order valence-corrected chi connectivity index (χ1v) is 6.42. The number of nitrogens with zero attached hydrogens (tertiary/aromatic N) is 1. The summed E-state index contributed by atoms with van der Waals surface area (Å²) in [4.78, 5) is 14.2. The summed E-state index contributed by atoms with van der Waals surface area (Å²) < 4.78 is 0. The number of anilines is 2. The van der Waals surface area contributed by atoms with Crippen molar-refractivity contribution in [3.63, 3.8) is 0 Å². The Morgan fingerprint density at radius 2 is 2.00 bits per heavy atom. The molecule has 1 saturated heterocycles. The van der Waals surface area contributed by atoms with Gasteiger partial charge < -0.3 is 16.0 Å². The molecule has 3 N–H and O–H groups in total. The topological polar surface area (TPSA) is 58.4 Å². The molecule has 4 heteroatoms. The maximum atomic E-state index is 11.8. The molecule has 0 spiro atoms. The minimum Gasteiger partial charge on any atom is -0.371 e. The number of nitrogens with one attached hydrogen (secondary N) is 1. The summed E-state index contributed by atoms with van der Waals surface area (Å²) in [6.45, 7) is 5.60. The summed E-state index contributed by atoms with van der Waals surface area (Å²) >= 11 is 0. The van der Waals surface area contributed by atoms with Gasteiger partial charge in [0.25, 0.3) is 0 Å². The maximum absolute atomic E-state index is 11.8. The lowest BCUT2D eigenvalue weighted by molar-refractivity contribution is -0.120. The average Bonchev–Trinajstić information content (AvgIpc) is 2.81. The normalized spacial score (nSPS) is 15.8. The van der Waals surface area contributed by atoms with Gasteiger partial charge in [-0.15, -0.1) is 0 Å². The highest BCUT2D eigenvalue weighted by molar-refractivity contribution is 5.97. The van der Waals surface area contributed by atoms with Crippen LogP contribution >= 0.6 is 0 Å². The summed E-state index contributed by atoms with van der Waals surface area (Å²) in [5.41, 5.74) is 6.88. The number of hydrogen-bond acceptors (Lipinski definition) is 3. The molecule has 1 heterocycles. The fraction of sp³-hybridized carbons (Fsp3) is 0.500. The van der Waals surface area contributed by atoms with Crippen LogP contribution in [0.5, 0.6) is 0 Å². The molecule has 0 saturated carbocycles. The van der Waals surface area contributed by atoms with Crippen LogP contribution in [0.1, 0.15) is 26.7 Å². The van der Waals surface area contributed by atoms with E-state index < -0.39 is 5.54 Å². The number of carbonyl (C=O) groups excluding carboxylic acids is 1. The molecule has 1 fully saturated rings. The molecule has 1 aliphatic rings. The van der Waals surface area contributed by atoms with Crippen molar-refractivity contribution in [2.24, 2.45) is 5.73 Å². The number of rotatable bonds is 3. The van der Waals surface area contributed by atoms with Crippen LogP contribution in [0.25, 0.3) is 0 Å². The standard InChI is InChI=1S/C14H21N3O/c1-14(2,15)13(18)16-11-6-5-7-12(10-11)17-8-3-4-9-17/h5-7,10H,3-4,8-9,15H2,1-2H3,(H,16,18). The molecule has 0 aliphatic carbocycles. The maximum Gasteiger partial charge on any atom is 0.243 e. The zero-order valence-electron chi connectivity index (χ0n) is 11.1. The van der Waals surface area contributed by atoms with Crippen molar-refractivity contribution in [2.75, 3.05) is 23.3 Å². The summed E-state index contributed by atoms with van der Waals surface area (Å²) in [7, 11) is 0. The van der Waals surface area contributed by atoms with Crippen LogP contribution in [0.4, 0.5) is 11.4 Å². The number of amides is 1. The van der Waals surface area contributed by atoms with E-state index in [0.717, 1.165) is 18.8 Å². The number of carbonyl (C=O) groups is 1. The minimum atomic E-state index is -0.857. The molecule has 1 aromatic carbocycles. The van der Waals surface area contributed by atoms with Crippen molar-refractivity contribution >= 4 is 17.3 Å². The van der Waals surface area contributed by atoms with Crippen molar-refractivity contribution in [2.45, 2.75) is 32.2 Å². The first-order chi connectivity index (χ1) is 8.47. The fourth-order valence-electron chi connectivity index (χ4n) is 2.05. The molecule has 1 aliphatic heterocycles. The van der Waals surface area contributed by atoms with Gasteiger partial charge >= 0.3 is 0 Å². The van der Waals surface area contributed by atoms with E-state index in [0.29, 0.717) is 0 Å². The zero-order valence-corrected chi connectivity index (χ0v) is 11.1. The Hall–Kier alpha value is -1.55. The molecular formula is C14H21N3O. The summed E-state index contributed by atoms with van der Waals surface area (Å²) in [6.07, 6.45) is 2.48. The van der Waals surface area contributed by atoms with Crippen LogP contribution < -0.4 is 16.0 Å². The Labute approximate surface area is 108 Å². The van der Waals surface area contributed by atoms with Gasteiger partial charge in [-0.05, 0) is 44.9 Å². The van der Waals surface area contributed by atoms with Gasteiger partial charge in [0.2, 0.25) is 5.91 Å². The van der Waals surface area contributed by atoms with E-state index in [1.807, 2.05) is 18.2 Å². The van der Waals surface area contributed by atoms with Crippen molar-refractivity contribution in [1.82, 2.24) is 0 Å². The highest BCUT2D eigenvalue weighted by Crippen LogP contribution is 2.23. The van der Waals surface area contributed by atoms with Gasteiger partial charge in [-0.1, -0.05) is 6.07 Å². The third-order valence-electron chi connectivity index (χ3n) is 3.16. The molecule has 0 unspecified atom stereocenters. The van der Waals surface area contributed by atoms with Gasteiger partial charge in [0, 0.05) is 24.5 Å². The van der Waals surface area contributed by atoms with E-state index in [2.05, 4.69) is 16.3 Å². The van der Waals surface area contributed by atoms with Crippen LogP contribution in [0.15, 0.2) is 24.3 Å². The molecule has 0 radical (unpaired) electrons. The smallest absolute Gasteiger partial charge is 0.243 e. The zero-order chi connectivity index (χ0) is 13.2. The minimum absolute atomic E-state index is 0.166. The van der Waals surface area contributed by atoms with Gasteiger partial charge in [0.15, 0.2) is 0 Å². The van der Waals surface area contributed by atoms with E-state index in [4.69, 9.17) is 5.73 Å². The van der Waals surface area contributed by atoms with E-state index in [1.54, 1.807) is 13.8 Å². The SMILES string of the molecule is CC(C)(N)C(=O)Nc1cccc(N2CCCC2)c1. The molecule has 18 heavy (non-hydrogen) atoms. The van der Waals surface area contributed by atoms with Crippen LogP contribution in [-0.4, -0.2) is 24.5 Å². The Balaban J connectivity index is 2.10. The van der Waals surface area contributed by atoms with Gasteiger partial charge in [0.1, 0.15) is 0 Å². The van der Waals surface area contributed by atoms with E-state index in [9.17, 15) is 4.79 Å². The predicted octanol–water partition coefficient (Wildman–Crippen LogP) is 1.96. The third-order valence-corrected chi connectivity index (χ3v) is 3.16. The summed E-state index contributed by atoms with van der Waals surface area (Å²) in [5.74, 6) is -0.166. The average molecular weight is 247 g/mol. The van der Waals surface area contributed by atoms with Gasteiger partial charge in [-0.3, -0.25) is 4.79 Å². The van der Waals surface area contributed by atoms with Crippen molar-refractivity contribution in [3.05, 3.63) is 24.3 Å². The monoisotopic (exact) mass is 247 g/mol. The summed E-state index contributed by atoms with van der Waals surface area (Å²) in [5, 5.41) is 2.86. The lowest BCUT2D eigenvalue weighted by atomic mass is 10.1. The van der Waals surface area contributed by atoms with Crippen LogP contribution in [-0.2, 0) is 4.79 Å². The number of benzene rings is 1. The highest BCUT2D eigenvalue weighted by Gasteiger charge is 2.22. The van der Waals surface area contributed by atoms with E-state index in [1.165, 1.54) is 18.5 Å². The summed E-state index contributed by atoms with van der Waals surface area (Å²) in [6, 6.07) is 7.94. The first-order valence-electron chi connectivity index (χ1n) is 6.42. The quantitative estimate of drug-likeness (QED) is 0.858. The Morgan fingerprint density at radius 1 is 1.33 bits per heavy atom. The van der Waals surface area contributed by atoms with Gasteiger partial charge in [-0.25, -0.2) is 0 Å². The van der Waals surface area contributed by atoms with Crippen molar-refractivity contribution in [1.29, 1.82) is 0 Å². The lowest BCUT2D eigenvalue weighted by Crippen LogP contribution is -2.45. The highest BCUT2D eigenvalue weighted by atomic mass is 16.2. The Kier molecular flexibility index (Phi) is 3.57. The Morgan fingerprint density at radius 3 is 2.61 bits per heavy atom. The van der Waals surface area contributed by atoms with Crippen LogP contribution in [0.2, 0.25) is 0 Å². The molecule has 0 atom stereocenters. The second kappa shape index (κ2) is 4.98. The second-order valence-electron chi connectivity index (χ2n) is 5.42. The van der Waals surface area contributed by atoms with Crippen LogP contribution in [0, 0.1) is 0 Å². The Bertz CT molecular complexity index is 431. The molecule has 1 amide bonds. The molecule has 0 aromatic heterocycles. The second-order valence-corrected chi connectivity index (χ2v) is 5.42. The largest absolute Gasteiger partial charge is 0.371 e. The first kappa shape index (κ1) is 12.9. The van der Waals surface area contributed by atoms with E-state index >= 15 is 0 Å². The van der Waals surface area contributed by atoms with E-state index in [-0.39, 0.29) is 5.91 Å². The molecular weight excluding hydrogens is 226 g/mol. The predicted molar refractivity (Wildman–Crippen MR) is 74.8 cm³/mol. The molecule has 2 rings (SSSR count). The van der Waals surface area contributed by atoms with Crippen LogP contribution in [0.3, 0.4) is 0 Å². The molecule has 4 nitrogen and oxygen atoms in total.